The average Bonchev–Trinajstić information content (AvgIpc) is 2.98. The lowest BCUT2D eigenvalue weighted by Gasteiger charge is -2.18. The molecular weight excluding hydrogens is 314 g/mol. The normalized spacial score (nSPS) is 20.0. The number of imidazole rings is 1. The number of fused-ring (bicyclic) bond motifs is 2. The molecule has 3 N–H and O–H groups in total. The molecule has 118 valence electrons. The fourth-order valence-corrected chi connectivity index (χ4v) is 3.31. The number of nitrogen functional groups attached to an aromatic ring is 1. The van der Waals surface area contributed by atoms with Crippen molar-refractivity contribution in [2.45, 2.75) is 25.6 Å². The smallest absolute Gasteiger partial charge is 0.181 e. The van der Waals surface area contributed by atoms with Crippen molar-refractivity contribution in [1.29, 1.82) is 0 Å². The maximum absolute atomic E-state index is 10.4. The molecule has 0 radical (unpaired) electrons. The van der Waals surface area contributed by atoms with Crippen LogP contribution in [0.5, 0.6) is 5.75 Å². The van der Waals surface area contributed by atoms with Crippen molar-refractivity contribution in [3.63, 3.8) is 0 Å². The highest BCUT2D eigenvalue weighted by Gasteiger charge is 2.33. The number of rotatable bonds is 2. The third-order valence-corrected chi connectivity index (χ3v) is 4.51. The van der Waals surface area contributed by atoms with Gasteiger partial charge in [0.25, 0.3) is 0 Å². The summed E-state index contributed by atoms with van der Waals surface area (Å²) in [4.78, 5) is 4.46. The monoisotopic (exact) mass is 329 g/mol. The van der Waals surface area contributed by atoms with Crippen LogP contribution in [0.3, 0.4) is 0 Å². The van der Waals surface area contributed by atoms with Gasteiger partial charge in [-0.15, -0.1) is 0 Å². The number of anilines is 1. The van der Waals surface area contributed by atoms with Crippen LogP contribution in [0.1, 0.15) is 22.9 Å². The molecule has 0 saturated heterocycles. The second kappa shape index (κ2) is 5.15. The predicted octanol–water partition coefficient (Wildman–Crippen LogP) is 2.92. The summed E-state index contributed by atoms with van der Waals surface area (Å²) < 4.78 is 7.89. The number of aliphatic hydroxyl groups is 1. The largest absolute Gasteiger partial charge is 0.479 e. The Labute approximate surface area is 138 Å². The van der Waals surface area contributed by atoms with Crippen molar-refractivity contribution in [3.05, 3.63) is 58.4 Å². The van der Waals surface area contributed by atoms with Crippen molar-refractivity contribution in [3.8, 4) is 5.75 Å². The molecule has 2 heterocycles. The number of ether oxygens (including phenoxy) is 1. The van der Waals surface area contributed by atoms with E-state index in [1.54, 1.807) is 4.40 Å². The molecule has 4 rings (SSSR count). The Hall–Kier alpha value is -2.24. The second-order valence-electron chi connectivity index (χ2n) is 5.80. The molecule has 6 heteroatoms. The summed E-state index contributed by atoms with van der Waals surface area (Å²) in [5.74, 6) is 1.18. The van der Waals surface area contributed by atoms with E-state index in [0.29, 0.717) is 28.7 Å². The van der Waals surface area contributed by atoms with E-state index in [-0.39, 0.29) is 0 Å². The van der Waals surface area contributed by atoms with Crippen LogP contribution in [-0.4, -0.2) is 20.6 Å². The lowest BCUT2D eigenvalue weighted by molar-refractivity contribution is 0.0502. The Kier molecular flexibility index (Phi) is 3.21. The molecule has 5 nitrogen and oxygen atoms in total. The van der Waals surface area contributed by atoms with E-state index < -0.39 is 12.2 Å². The summed E-state index contributed by atoms with van der Waals surface area (Å²) in [6.45, 7) is 1.85. The quantitative estimate of drug-likeness (QED) is 0.758. The standard InChI is InChI=1S/C17H16ClN3O2/c1-9-16(19)21-6-2-3-14(17(21)20-9)23-15-12-5-4-11(18)7-10(12)8-13(15)22/h2-7,13,15,22H,8,19H2,1H3. The van der Waals surface area contributed by atoms with E-state index in [9.17, 15) is 5.11 Å². The zero-order chi connectivity index (χ0) is 16.1. The highest BCUT2D eigenvalue weighted by atomic mass is 35.5. The minimum atomic E-state index is -0.614. The topological polar surface area (TPSA) is 72.8 Å². The molecule has 0 aliphatic heterocycles. The number of benzene rings is 1. The molecule has 2 atom stereocenters. The number of aromatic nitrogens is 2. The first-order valence-electron chi connectivity index (χ1n) is 7.41. The van der Waals surface area contributed by atoms with Crippen LogP contribution in [0.25, 0.3) is 5.65 Å². The summed E-state index contributed by atoms with van der Waals surface area (Å²) in [7, 11) is 0. The minimum absolute atomic E-state index is 0.438. The van der Waals surface area contributed by atoms with Crippen LogP contribution in [-0.2, 0) is 6.42 Å². The van der Waals surface area contributed by atoms with Gasteiger partial charge in [-0.05, 0) is 42.3 Å². The van der Waals surface area contributed by atoms with Gasteiger partial charge >= 0.3 is 0 Å². The number of nitrogens with zero attached hydrogens (tertiary/aromatic N) is 2. The fourth-order valence-electron chi connectivity index (χ4n) is 3.11. The van der Waals surface area contributed by atoms with Crippen molar-refractivity contribution in [1.82, 2.24) is 9.38 Å². The number of hydrogen-bond donors (Lipinski definition) is 2. The Bertz CT molecular complexity index is 906. The second-order valence-corrected chi connectivity index (χ2v) is 6.24. The van der Waals surface area contributed by atoms with Crippen LogP contribution >= 0.6 is 11.6 Å². The lowest BCUT2D eigenvalue weighted by atomic mass is 10.1. The van der Waals surface area contributed by atoms with Crippen molar-refractivity contribution in [2.75, 3.05) is 5.73 Å². The molecule has 0 saturated carbocycles. The van der Waals surface area contributed by atoms with Gasteiger partial charge in [0, 0.05) is 17.6 Å². The Morgan fingerprint density at radius 2 is 2.22 bits per heavy atom. The molecule has 0 bridgehead atoms. The molecule has 1 aromatic carbocycles. The summed E-state index contributed by atoms with van der Waals surface area (Å²) in [6.07, 6.45) is 1.32. The number of hydrogen-bond acceptors (Lipinski definition) is 4. The van der Waals surface area contributed by atoms with E-state index in [1.807, 2.05) is 43.5 Å². The lowest BCUT2D eigenvalue weighted by Crippen LogP contribution is -2.19. The van der Waals surface area contributed by atoms with Crippen molar-refractivity contribution < 1.29 is 9.84 Å². The van der Waals surface area contributed by atoms with Crippen molar-refractivity contribution >= 4 is 23.1 Å². The summed E-state index contributed by atoms with van der Waals surface area (Å²) in [6, 6.07) is 9.28. The highest BCUT2D eigenvalue weighted by molar-refractivity contribution is 6.30. The molecule has 23 heavy (non-hydrogen) atoms. The fraction of sp³-hybridized carbons (Fsp3) is 0.235. The molecule has 2 unspecified atom stereocenters. The zero-order valence-corrected chi connectivity index (χ0v) is 13.3. The first kappa shape index (κ1) is 14.4. The predicted molar refractivity (Wildman–Crippen MR) is 88.9 cm³/mol. The molecule has 1 aliphatic rings. The maximum atomic E-state index is 10.4. The number of pyridine rings is 1. The molecule has 0 amide bonds. The van der Waals surface area contributed by atoms with Crippen LogP contribution in [0.15, 0.2) is 36.5 Å². The van der Waals surface area contributed by atoms with Crippen LogP contribution in [0.4, 0.5) is 5.82 Å². The number of aryl methyl sites for hydroxylation is 1. The summed E-state index contributed by atoms with van der Waals surface area (Å²) >= 11 is 6.03. The van der Waals surface area contributed by atoms with E-state index in [1.165, 1.54) is 0 Å². The van der Waals surface area contributed by atoms with E-state index in [0.717, 1.165) is 16.8 Å². The molecule has 0 spiro atoms. The average molecular weight is 330 g/mol. The van der Waals surface area contributed by atoms with Gasteiger partial charge in [-0.3, -0.25) is 4.40 Å². The maximum Gasteiger partial charge on any atom is 0.181 e. The van der Waals surface area contributed by atoms with Gasteiger partial charge < -0.3 is 15.6 Å². The highest BCUT2D eigenvalue weighted by Crippen LogP contribution is 2.37. The molecule has 0 fully saturated rings. The van der Waals surface area contributed by atoms with Gasteiger partial charge in [-0.25, -0.2) is 4.98 Å². The molecule has 2 aromatic heterocycles. The summed E-state index contributed by atoms with van der Waals surface area (Å²) in [5, 5.41) is 11.0. The first-order valence-corrected chi connectivity index (χ1v) is 7.78. The van der Waals surface area contributed by atoms with Crippen LogP contribution in [0, 0.1) is 6.92 Å². The van der Waals surface area contributed by atoms with Gasteiger partial charge in [0.15, 0.2) is 17.5 Å². The van der Waals surface area contributed by atoms with Gasteiger partial charge in [-0.1, -0.05) is 17.7 Å². The molecular formula is C17H16ClN3O2. The van der Waals surface area contributed by atoms with E-state index in [2.05, 4.69) is 4.98 Å². The van der Waals surface area contributed by atoms with Crippen LogP contribution in [0.2, 0.25) is 5.02 Å². The first-order chi connectivity index (χ1) is 11.0. The minimum Gasteiger partial charge on any atom is -0.479 e. The number of nitrogens with two attached hydrogens (primary N) is 1. The van der Waals surface area contributed by atoms with Gasteiger partial charge in [0.05, 0.1) is 11.8 Å². The van der Waals surface area contributed by atoms with Gasteiger partial charge in [0.1, 0.15) is 5.82 Å². The SMILES string of the molecule is Cc1nc2c(OC3c4ccc(Cl)cc4CC3O)cccn2c1N. The third kappa shape index (κ3) is 2.24. The Morgan fingerprint density at radius 3 is 3.04 bits per heavy atom. The van der Waals surface area contributed by atoms with Gasteiger partial charge in [0.2, 0.25) is 0 Å². The van der Waals surface area contributed by atoms with Crippen LogP contribution < -0.4 is 10.5 Å². The molecule has 1 aliphatic carbocycles. The Balaban J connectivity index is 1.76. The zero-order valence-electron chi connectivity index (χ0n) is 12.5. The van der Waals surface area contributed by atoms with Crippen molar-refractivity contribution in [2.24, 2.45) is 0 Å². The van der Waals surface area contributed by atoms with Gasteiger partial charge in [-0.2, -0.15) is 0 Å². The molecule has 3 aromatic rings. The van der Waals surface area contributed by atoms with E-state index >= 15 is 0 Å². The number of halogens is 1. The summed E-state index contributed by atoms with van der Waals surface area (Å²) in [5.41, 5.74) is 9.39. The number of aliphatic hydroxyl groups excluding tert-OH is 1. The Morgan fingerprint density at radius 1 is 1.39 bits per heavy atom. The van der Waals surface area contributed by atoms with E-state index in [4.69, 9.17) is 22.1 Å². The third-order valence-electron chi connectivity index (χ3n) is 4.28.